The second kappa shape index (κ2) is 6.41. The van der Waals surface area contributed by atoms with Crippen LogP contribution in [0.2, 0.25) is 5.02 Å². The molecule has 0 atom stereocenters. The van der Waals surface area contributed by atoms with E-state index in [2.05, 4.69) is 25.6 Å². The maximum Gasteiger partial charge on any atom is 0.300 e. The maximum atomic E-state index is 5.96. The molecule has 124 valence electrons. The van der Waals surface area contributed by atoms with Gasteiger partial charge in [-0.1, -0.05) is 11.6 Å². The standard InChI is InChI=1S/C18H14ClN5O/c1-11-8-17(21-10-20-11)22-13-3-5-14(6-4-13)23-18-24-15-9-12(19)2-7-16(15)25-18/h2-10H,1H3,(H,23,24)(H,20,21,22). The molecule has 2 heterocycles. The van der Waals surface area contributed by atoms with Crippen LogP contribution in [0.5, 0.6) is 0 Å². The first-order valence-electron chi connectivity index (χ1n) is 7.64. The summed E-state index contributed by atoms with van der Waals surface area (Å²) >= 11 is 5.96. The molecule has 0 spiro atoms. The number of hydrogen-bond donors (Lipinski definition) is 2. The Labute approximate surface area is 148 Å². The number of fused-ring (bicyclic) bond motifs is 1. The molecule has 0 radical (unpaired) electrons. The monoisotopic (exact) mass is 351 g/mol. The van der Waals surface area contributed by atoms with E-state index >= 15 is 0 Å². The van der Waals surface area contributed by atoms with Crippen molar-refractivity contribution in [1.29, 1.82) is 0 Å². The molecule has 0 fully saturated rings. The van der Waals surface area contributed by atoms with Gasteiger partial charge in [0.15, 0.2) is 5.58 Å². The van der Waals surface area contributed by atoms with Gasteiger partial charge in [-0.05, 0) is 49.4 Å². The third kappa shape index (κ3) is 3.54. The number of benzene rings is 2. The highest BCUT2D eigenvalue weighted by atomic mass is 35.5. The highest BCUT2D eigenvalue weighted by molar-refractivity contribution is 6.31. The van der Waals surface area contributed by atoms with E-state index in [0.717, 1.165) is 22.9 Å². The molecule has 0 saturated heterocycles. The summed E-state index contributed by atoms with van der Waals surface area (Å²) in [6, 6.07) is 15.4. The number of oxazole rings is 1. The van der Waals surface area contributed by atoms with Crippen molar-refractivity contribution in [1.82, 2.24) is 15.0 Å². The van der Waals surface area contributed by atoms with Crippen LogP contribution < -0.4 is 10.6 Å². The summed E-state index contributed by atoms with van der Waals surface area (Å²) in [4.78, 5) is 12.6. The lowest BCUT2D eigenvalue weighted by Crippen LogP contribution is -1.96. The van der Waals surface area contributed by atoms with Gasteiger partial charge in [0.05, 0.1) is 0 Å². The number of aromatic nitrogens is 3. The Morgan fingerprint density at radius 2 is 1.68 bits per heavy atom. The predicted molar refractivity (Wildman–Crippen MR) is 98.8 cm³/mol. The van der Waals surface area contributed by atoms with Crippen LogP contribution in [-0.2, 0) is 0 Å². The Hall–Kier alpha value is -3.12. The zero-order chi connectivity index (χ0) is 17.2. The first-order valence-corrected chi connectivity index (χ1v) is 8.02. The van der Waals surface area contributed by atoms with Crippen LogP contribution in [0.3, 0.4) is 0 Å². The normalized spacial score (nSPS) is 10.8. The summed E-state index contributed by atoms with van der Waals surface area (Å²) in [5, 5.41) is 7.00. The van der Waals surface area contributed by atoms with Crippen molar-refractivity contribution in [3.63, 3.8) is 0 Å². The largest absolute Gasteiger partial charge is 0.423 e. The summed E-state index contributed by atoms with van der Waals surface area (Å²) in [5.41, 5.74) is 4.10. The molecule has 4 rings (SSSR count). The lowest BCUT2D eigenvalue weighted by Gasteiger charge is -2.07. The van der Waals surface area contributed by atoms with E-state index in [-0.39, 0.29) is 0 Å². The summed E-state index contributed by atoms with van der Waals surface area (Å²) in [5.74, 6) is 0.754. The molecule has 0 aliphatic heterocycles. The second-order valence-corrected chi connectivity index (χ2v) is 5.94. The van der Waals surface area contributed by atoms with E-state index in [0.29, 0.717) is 22.1 Å². The molecule has 0 amide bonds. The Morgan fingerprint density at radius 1 is 0.920 bits per heavy atom. The van der Waals surface area contributed by atoms with E-state index < -0.39 is 0 Å². The van der Waals surface area contributed by atoms with Crippen molar-refractivity contribution in [3.05, 3.63) is 65.6 Å². The SMILES string of the molecule is Cc1cc(Nc2ccc(Nc3nc4cc(Cl)ccc4o3)cc2)ncn1. The minimum Gasteiger partial charge on any atom is -0.423 e. The van der Waals surface area contributed by atoms with Crippen molar-refractivity contribution >= 4 is 45.9 Å². The average molecular weight is 352 g/mol. The molecule has 7 heteroatoms. The summed E-state index contributed by atoms with van der Waals surface area (Å²) < 4.78 is 5.65. The van der Waals surface area contributed by atoms with E-state index in [9.17, 15) is 0 Å². The van der Waals surface area contributed by atoms with Crippen LogP contribution >= 0.6 is 11.6 Å². The lowest BCUT2D eigenvalue weighted by atomic mass is 10.3. The first-order chi connectivity index (χ1) is 12.2. The van der Waals surface area contributed by atoms with Gasteiger partial charge >= 0.3 is 0 Å². The highest BCUT2D eigenvalue weighted by Crippen LogP contribution is 2.25. The highest BCUT2D eigenvalue weighted by Gasteiger charge is 2.06. The smallest absolute Gasteiger partial charge is 0.300 e. The summed E-state index contributed by atoms with van der Waals surface area (Å²) in [6.07, 6.45) is 1.53. The topological polar surface area (TPSA) is 75.9 Å². The minimum absolute atomic E-state index is 0.421. The Bertz CT molecular complexity index is 1030. The third-order valence-electron chi connectivity index (χ3n) is 3.56. The van der Waals surface area contributed by atoms with Gasteiger partial charge in [0.25, 0.3) is 6.01 Å². The molecule has 0 saturated carbocycles. The van der Waals surface area contributed by atoms with Crippen LogP contribution in [0.4, 0.5) is 23.2 Å². The van der Waals surface area contributed by atoms with Crippen molar-refractivity contribution in [2.24, 2.45) is 0 Å². The molecule has 25 heavy (non-hydrogen) atoms. The van der Waals surface area contributed by atoms with Gasteiger partial charge in [-0.2, -0.15) is 4.98 Å². The minimum atomic E-state index is 0.421. The fraction of sp³-hybridized carbons (Fsp3) is 0.0556. The molecular weight excluding hydrogens is 338 g/mol. The molecule has 2 aromatic heterocycles. The van der Waals surface area contributed by atoms with Gasteiger partial charge < -0.3 is 15.1 Å². The molecule has 0 aliphatic rings. The number of rotatable bonds is 4. The van der Waals surface area contributed by atoms with Crippen molar-refractivity contribution in [3.8, 4) is 0 Å². The van der Waals surface area contributed by atoms with Gasteiger partial charge in [0.1, 0.15) is 17.7 Å². The van der Waals surface area contributed by atoms with Gasteiger partial charge in [-0.25, -0.2) is 9.97 Å². The Balaban J connectivity index is 1.49. The number of hydrogen-bond acceptors (Lipinski definition) is 6. The van der Waals surface area contributed by atoms with E-state index in [1.54, 1.807) is 18.2 Å². The molecule has 0 bridgehead atoms. The molecule has 4 aromatic rings. The van der Waals surface area contributed by atoms with Crippen LogP contribution in [-0.4, -0.2) is 15.0 Å². The van der Waals surface area contributed by atoms with Crippen LogP contribution in [0.1, 0.15) is 5.69 Å². The molecule has 2 N–H and O–H groups in total. The van der Waals surface area contributed by atoms with Crippen molar-refractivity contribution in [2.75, 3.05) is 10.6 Å². The fourth-order valence-electron chi connectivity index (χ4n) is 2.39. The third-order valence-corrected chi connectivity index (χ3v) is 3.80. The van der Waals surface area contributed by atoms with Crippen LogP contribution in [0.15, 0.2) is 59.3 Å². The van der Waals surface area contributed by atoms with Gasteiger partial charge in [0.2, 0.25) is 0 Å². The number of halogens is 1. The second-order valence-electron chi connectivity index (χ2n) is 5.50. The maximum absolute atomic E-state index is 5.96. The van der Waals surface area contributed by atoms with E-state index in [1.807, 2.05) is 37.3 Å². The fourth-order valence-corrected chi connectivity index (χ4v) is 2.55. The first kappa shape index (κ1) is 15.4. The molecule has 2 aromatic carbocycles. The molecule has 0 unspecified atom stereocenters. The number of nitrogens with one attached hydrogen (secondary N) is 2. The zero-order valence-electron chi connectivity index (χ0n) is 13.3. The number of anilines is 4. The number of nitrogens with zero attached hydrogens (tertiary/aromatic N) is 3. The zero-order valence-corrected chi connectivity index (χ0v) is 14.1. The summed E-state index contributed by atoms with van der Waals surface area (Å²) in [6.45, 7) is 1.92. The Kier molecular flexibility index (Phi) is 3.95. The van der Waals surface area contributed by atoms with Gasteiger partial charge in [-0.3, -0.25) is 0 Å². The van der Waals surface area contributed by atoms with Crippen molar-refractivity contribution < 1.29 is 4.42 Å². The van der Waals surface area contributed by atoms with Gasteiger partial charge in [0, 0.05) is 28.2 Å². The number of aryl methyl sites for hydroxylation is 1. The summed E-state index contributed by atoms with van der Waals surface area (Å²) in [7, 11) is 0. The van der Waals surface area contributed by atoms with Crippen LogP contribution in [0, 0.1) is 6.92 Å². The van der Waals surface area contributed by atoms with E-state index in [1.165, 1.54) is 6.33 Å². The van der Waals surface area contributed by atoms with Crippen LogP contribution in [0.25, 0.3) is 11.1 Å². The predicted octanol–water partition coefficient (Wildman–Crippen LogP) is 5.07. The molecule has 0 aliphatic carbocycles. The lowest BCUT2D eigenvalue weighted by molar-refractivity contribution is 0.623. The quantitative estimate of drug-likeness (QED) is 0.534. The molecule has 6 nitrogen and oxygen atoms in total. The van der Waals surface area contributed by atoms with Crippen molar-refractivity contribution in [2.45, 2.75) is 6.92 Å². The average Bonchev–Trinajstić information content (AvgIpc) is 2.98. The van der Waals surface area contributed by atoms with Gasteiger partial charge in [-0.15, -0.1) is 0 Å². The van der Waals surface area contributed by atoms with E-state index in [4.69, 9.17) is 16.0 Å². The molecular formula is C18H14ClN5O. The Morgan fingerprint density at radius 3 is 2.44 bits per heavy atom.